The summed E-state index contributed by atoms with van der Waals surface area (Å²) >= 11 is 0. The van der Waals surface area contributed by atoms with Crippen LogP contribution >= 0.6 is 0 Å². The van der Waals surface area contributed by atoms with Gasteiger partial charge in [-0.2, -0.15) is 4.39 Å². The second-order valence-corrected chi connectivity index (χ2v) is 6.36. The van der Waals surface area contributed by atoms with Crippen molar-refractivity contribution in [1.82, 2.24) is 4.98 Å². The van der Waals surface area contributed by atoms with E-state index in [1.807, 2.05) is 0 Å². The van der Waals surface area contributed by atoms with Crippen LogP contribution in [0.25, 0.3) is 0 Å². The third-order valence-corrected chi connectivity index (χ3v) is 4.14. The molecule has 0 aliphatic heterocycles. The number of carbonyl (C=O) groups is 1. The van der Waals surface area contributed by atoms with Gasteiger partial charge in [0.2, 0.25) is 5.95 Å². The summed E-state index contributed by atoms with van der Waals surface area (Å²) in [5.41, 5.74) is 5.72. The number of aromatic nitrogens is 1. The lowest BCUT2D eigenvalue weighted by atomic mass is 10.1. The highest BCUT2D eigenvalue weighted by molar-refractivity contribution is 6.07. The van der Waals surface area contributed by atoms with E-state index in [2.05, 4.69) is 17.2 Å². The van der Waals surface area contributed by atoms with E-state index >= 15 is 0 Å². The molecule has 2 rings (SSSR count). The van der Waals surface area contributed by atoms with Gasteiger partial charge in [0.05, 0.1) is 17.9 Å². The number of nitrogens with one attached hydrogen (secondary N) is 1. The highest BCUT2D eigenvalue weighted by atomic mass is 19.1. The number of pyridine rings is 1. The second kappa shape index (κ2) is 9.85. The first-order chi connectivity index (χ1) is 12.9. The minimum atomic E-state index is -0.746. The standard InChI is InChI=1S/C20H25F2N3O2/c1-3-4-5-6-7-11-27-16-10-8-9-15(17(16)21)24-20(26)14-12-13(2)18(22)25-19(14)23/h8-10,12H,3-7,11H2,1-2H3,(H2,23,25)(H,24,26). The van der Waals surface area contributed by atoms with E-state index in [9.17, 15) is 13.6 Å². The number of unbranched alkanes of at least 4 members (excludes halogenated alkanes) is 4. The molecule has 0 saturated carbocycles. The third kappa shape index (κ3) is 5.64. The van der Waals surface area contributed by atoms with E-state index in [0.29, 0.717) is 6.61 Å². The van der Waals surface area contributed by atoms with E-state index in [1.165, 1.54) is 31.5 Å². The topological polar surface area (TPSA) is 77.2 Å². The fraction of sp³-hybridized carbons (Fsp3) is 0.400. The number of hydrogen-bond donors (Lipinski definition) is 2. The summed E-state index contributed by atoms with van der Waals surface area (Å²) in [5, 5.41) is 2.44. The van der Waals surface area contributed by atoms with E-state index in [-0.39, 0.29) is 28.4 Å². The van der Waals surface area contributed by atoms with Crippen LogP contribution in [0.4, 0.5) is 20.3 Å². The molecule has 0 bridgehead atoms. The SMILES string of the molecule is CCCCCCCOc1cccc(NC(=O)c2cc(C)c(F)nc2N)c1F. The van der Waals surface area contributed by atoms with Crippen molar-refractivity contribution >= 4 is 17.4 Å². The van der Waals surface area contributed by atoms with Crippen LogP contribution in [0.1, 0.15) is 54.9 Å². The summed E-state index contributed by atoms with van der Waals surface area (Å²) in [4.78, 5) is 15.8. The zero-order valence-electron chi connectivity index (χ0n) is 15.6. The van der Waals surface area contributed by atoms with Crippen molar-refractivity contribution in [3.8, 4) is 5.75 Å². The Balaban J connectivity index is 2.03. The maximum atomic E-state index is 14.6. The number of benzene rings is 1. The average Bonchev–Trinajstić information content (AvgIpc) is 2.63. The van der Waals surface area contributed by atoms with Gasteiger partial charge in [0.15, 0.2) is 11.6 Å². The highest BCUT2D eigenvalue weighted by Crippen LogP contribution is 2.26. The average molecular weight is 377 g/mol. The van der Waals surface area contributed by atoms with Gasteiger partial charge in [-0.1, -0.05) is 38.7 Å². The molecule has 0 saturated heterocycles. The maximum Gasteiger partial charge on any atom is 0.259 e. The zero-order chi connectivity index (χ0) is 19.8. The fourth-order valence-corrected chi connectivity index (χ4v) is 2.58. The number of aryl methyl sites for hydroxylation is 1. The van der Waals surface area contributed by atoms with Crippen LogP contribution in [0, 0.1) is 18.7 Å². The normalized spacial score (nSPS) is 10.7. The number of anilines is 2. The molecule has 1 amide bonds. The summed E-state index contributed by atoms with van der Waals surface area (Å²) in [6.07, 6.45) is 5.34. The Labute approximate surface area is 157 Å². The van der Waals surface area contributed by atoms with Gasteiger partial charge in [-0.25, -0.2) is 9.37 Å². The minimum absolute atomic E-state index is 0.0180. The van der Waals surface area contributed by atoms with Gasteiger partial charge in [0, 0.05) is 5.56 Å². The number of carbonyl (C=O) groups excluding carboxylic acids is 1. The van der Waals surface area contributed by atoms with Crippen LogP contribution in [0.2, 0.25) is 0 Å². The fourth-order valence-electron chi connectivity index (χ4n) is 2.58. The molecule has 1 aromatic heterocycles. The molecule has 0 spiro atoms. The number of nitrogens with two attached hydrogens (primary N) is 1. The Kier molecular flexibility index (Phi) is 7.52. The van der Waals surface area contributed by atoms with Crippen molar-refractivity contribution in [3.05, 3.63) is 47.2 Å². The third-order valence-electron chi connectivity index (χ3n) is 4.14. The lowest BCUT2D eigenvalue weighted by molar-refractivity contribution is 0.102. The van der Waals surface area contributed by atoms with Crippen LogP contribution in [0.5, 0.6) is 5.75 Å². The zero-order valence-corrected chi connectivity index (χ0v) is 15.6. The van der Waals surface area contributed by atoms with E-state index < -0.39 is 17.7 Å². The van der Waals surface area contributed by atoms with E-state index in [4.69, 9.17) is 10.5 Å². The van der Waals surface area contributed by atoms with E-state index in [1.54, 1.807) is 6.07 Å². The lowest BCUT2D eigenvalue weighted by Crippen LogP contribution is -2.17. The molecule has 146 valence electrons. The van der Waals surface area contributed by atoms with Crippen LogP contribution < -0.4 is 15.8 Å². The minimum Gasteiger partial charge on any atom is -0.490 e. The Morgan fingerprint density at radius 1 is 1.22 bits per heavy atom. The molecule has 0 unspecified atom stereocenters. The van der Waals surface area contributed by atoms with Crippen LogP contribution in [0.15, 0.2) is 24.3 Å². The summed E-state index contributed by atoms with van der Waals surface area (Å²) in [7, 11) is 0. The Bertz CT molecular complexity index is 797. The van der Waals surface area contributed by atoms with Crippen LogP contribution in [-0.4, -0.2) is 17.5 Å². The Morgan fingerprint density at radius 2 is 1.96 bits per heavy atom. The van der Waals surface area contributed by atoms with Gasteiger partial charge in [0.1, 0.15) is 5.82 Å². The van der Waals surface area contributed by atoms with Gasteiger partial charge in [-0.15, -0.1) is 0 Å². The Morgan fingerprint density at radius 3 is 2.70 bits per heavy atom. The highest BCUT2D eigenvalue weighted by Gasteiger charge is 2.17. The summed E-state index contributed by atoms with van der Waals surface area (Å²) in [6.45, 7) is 4.02. The van der Waals surface area contributed by atoms with Gasteiger partial charge in [-0.05, 0) is 31.5 Å². The van der Waals surface area contributed by atoms with Crippen molar-refractivity contribution in [2.24, 2.45) is 0 Å². The van der Waals surface area contributed by atoms with Crippen LogP contribution in [0.3, 0.4) is 0 Å². The van der Waals surface area contributed by atoms with Crippen molar-refractivity contribution in [2.75, 3.05) is 17.7 Å². The molecule has 0 aliphatic rings. The first-order valence-electron chi connectivity index (χ1n) is 9.09. The second-order valence-electron chi connectivity index (χ2n) is 6.36. The molecular weight excluding hydrogens is 352 g/mol. The molecule has 1 heterocycles. The quantitative estimate of drug-likeness (QED) is 0.484. The summed E-state index contributed by atoms with van der Waals surface area (Å²) < 4.78 is 33.5. The van der Waals surface area contributed by atoms with Gasteiger partial charge in [0.25, 0.3) is 5.91 Å². The van der Waals surface area contributed by atoms with Crippen molar-refractivity contribution in [1.29, 1.82) is 0 Å². The number of nitrogens with zero attached hydrogens (tertiary/aromatic N) is 1. The number of hydrogen-bond acceptors (Lipinski definition) is 4. The maximum absolute atomic E-state index is 14.6. The summed E-state index contributed by atoms with van der Waals surface area (Å²) in [5.74, 6) is -2.26. The molecule has 0 fully saturated rings. The molecule has 5 nitrogen and oxygen atoms in total. The van der Waals surface area contributed by atoms with Crippen LogP contribution in [-0.2, 0) is 0 Å². The monoisotopic (exact) mass is 377 g/mol. The first-order valence-corrected chi connectivity index (χ1v) is 9.09. The molecule has 0 radical (unpaired) electrons. The summed E-state index contributed by atoms with van der Waals surface area (Å²) in [6, 6.07) is 5.79. The molecule has 0 atom stereocenters. The number of nitrogen functional groups attached to an aromatic ring is 1. The number of rotatable bonds is 9. The molecule has 3 N–H and O–H groups in total. The molecule has 1 aromatic carbocycles. The lowest BCUT2D eigenvalue weighted by Gasteiger charge is -2.12. The Hall–Kier alpha value is -2.70. The molecule has 7 heteroatoms. The van der Waals surface area contributed by atoms with Crippen molar-refractivity contribution in [2.45, 2.75) is 46.0 Å². The van der Waals surface area contributed by atoms with Gasteiger partial charge >= 0.3 is 0 Å². The van der Waals surface area contributed by atoms with E-state index in [0.717, 1.165) is 25.7 Å². The molecular formula is C20H25F2N3O2. The van der Waals surface area contributed by atoms with Gasteiger partial charge in [-0.3, -0.25) is 4.79 Å². The van der Waals surface area contributed by atoms with Crippen molar-refractivity contribution in [3.63, 3.8) is 0 Å². The predicted molar refractivity (Wildman–Crippen MR) is 102 cm³/mol. The molecule has 2 aromatic rings. The first kappa shape index (κ1) is 20.6. The smallest absolute Gasteiger partial charge is 0.259 e. The predicted octanol–water partition coefficient (Wildman–Crippen LogP) is 4.85. The number of halogens is 2. The number of amides is 1. The molecule has 27 heavy (non-hydrogen) atoms. The van der Waals surface area contributed by atoms with Gasteiger partial charge < -0.3 is 15.8 Å². The largest absolute Gasteiger partial charge is 0.490 e. The molecule has 0 aliphatic carbocycles. The van der Waals surface area contributed by atoms with Crippen molar-refractivity contribution < 1.29 is 18.3 Å². The number of ether oxygens (including phenoxy) is 1.